The number of thiazole rings is 1. The van der Waals surface area contributed by atoms with Gasteiger partial charge in [-0.2, -0.15) is 0 Å². The van der Waals surface area contributed by atoms with E-state index in [1.165, 1.54) is 17.5 Å². The number of ether oxygens (including phenoxy) is 1. The number of hydrogen-bond acceptors (Lipinski definition) is 9. The van der Waals surface area contributed by atoms with Gasteiger partial charge >= 0.3 is 0 Å². The molecule has 1 fully saturated rings. The smallest absolute Gasteiger partial charge is 0.258 e. The number of rotatable bonds is 15. The first-order valence-electron chi connectivity index (χ1n) is 15.1. The van der Waals surface area contributed by atoms with Crippen molar-refractivity contribution in [2.24, 2.45) is 17.8 Å². The molecule has 4 N–H and O–H groups in total. The minimum atomic E-state index is -1.02. The Morgan fingerprint density at radius 3 is 2.40 bits per heavy atom. The number of ketones is 1. The molecule has 4 atom stereocenters. The quantitative estimate of drug-likeness (QED) is 0.185. The molecule has 4 amide bonds. The maximum absolute atomic E-state index is 13.8. The number of carbonyl (C=O) groups is 5. The van der Waals surface area contributed by atoms with Gasteiger partial charge in [-0.1, -0.05) is 39.8 Å². The molecule has 2 aromatic heterocycles. The van der Waals surface area contributed by atoms with Gasteiger partial charge < -0.3 is 26.0 Å². The zero-order chi connectivity index (χ0) is 32.5. The summed E-state index contributed by atoms with van der Waals surface area (Å²) in [7, 11) is 0. The van der Waals surface area contributed by atoms with Crippen LogP contribution in [0.15, 0.2) is 48.8 Å². The van der Waals surface area contributed by atoms with Gasteiger partial charge in [0.1, 0.15) is 17.8 Å². The molecule has 1 aromatic carbocycles. The highest BCUT2D eigenvalue weighted by Crippen LogP contribution is 2.25. The molecule has 0 saturated carbocycles. The van der Waals surface area contributed by atoms with E-state index in [0.29, 0.717) is 24.2 Å². The third-order valence-electron chi connectivity index (χ3n) is 7.43. The molecule has 0 aliphatic carbocycles. The van der Waals surface area contributed by atoms with Crippen LogP contribution in [0.1, 0.15) is 56.8 Å². The van der Waals surface area contributed by atoms with Gasteiger partial charge in [-0.15, -0.1) is 11.3 Å². The normalized spacial score (nSPS) is 16.6. The highest BCUT2D eigenvalue weighted by molar-refractivity contribution is 7.20. The van der Waals surface area contributed by atoms with Crippen LogP contribution in [0, 0.1) is 17.8 Å². The van der Waals surface area contributed by atoms with Crippen LogP contribution >= 0.6 is 11.3 Å². The Hall–Kier alpha value is -4.39. The lowest BCUT2D eigenvalue weighted by Crippen LogP contribution is -2.57. The first-order valence-corrected chi connectivity index (χ1v) is 15.9. The fourth-order valence-corrected chi connectivity index (χ4v) is 6.04. The summed E-state index contributed by atoms with van der Waals surface area (Å²) in [5, 5.41) is 11.3. The summed E-state index contributed by atoms with van der Waals surface area (Å²) in [5.74, 6) is -2.47. The van der Waals surface area contributed by atoms with Gasteiger partial charge in [-0.3, -0.25) is 29.0 Å². The first kappa shape index (κ1) is 33.5. The molecule has 3 heterocycles. The number of para-hydroxylation sites is 1. The van der Waals surface area contributed by atoms with E-state index in [9.17, 15) is 24.0 Å². The highest BCUT2D eigenvalue weighted by atomic mass is 32.1. The molecule has 13 heteroatoms. The van der Waals surface area contributed by atoms with E-state index in [-0.39, 0.29) is 48.0 Å². The molecular formula is C32H40N6O6S. The standard InChI is InChI=1S/C32H40N6O6S/c1-18(2)14-24(36-31(43)27(19(3)4)38-26(39)17-44-21-8-7-12-33-16-21)30(42)35-23(15-20-11-13-34-29(20)41)28(40)32-37-22-9-5-6-10-25(22)45-32/h5-10,12,16,18-20,23-24,27H,11,13-15,17H2,1-4H3,(H,34,41)(H,35,42)(H,36,43)(H,38,39)/t20-,23-,24-,27-/m1/s1. The lowest BCUT2D eigenvalue weighted by Gasteiger charge is -2.27. The van der Waals surface area contributed by atoms with E-state index in [2.05, 4.69) is 31.2 Å². The zero-order valence-corrected chi connectivity index (χ0v) is 26.7. The lowest BCUT2D eigenvalue weighted by atomic mass is 9.94. The second-order valence-corrected chi connectivity index (χ2v) is 12.9. The van der Waals surface area contributed by atoms with Crippen LogP contribution in [0.2, 0.25) is 0 Å². The van der Waals surface area contributed by atoms with Crippen LogP contribution in [-0.2, 0) is 19.2 Å². The number of nitrogens with one attached hydrogen (secondary N) is 4. The topological polar surface area (TPSA) is 168 Å². The van der Waals surface area contributed by atoms with Crippen molar-refractivity contribution in [3.05, 3.63) is 53.8 Å². The van der Waals surface area contributed by atoms with Crippen molar-refractivity contribution in [3.8, 4) is 5.75 Å². The number of pyridine rings is 1. The molecule has 45 heavy (non-hydrogen) atoms. The van der Waals surface area contributed by atoms with Crippen molar-refractivity contribution in [2.45, 2.75) is 65.1 Å². The molecule has 240 valence electrons. The fourth-order valence-electron chi connectivity index (χ4n) is 5.08. The third-order valence-corrected chi connectivity index (χ3v) is 8.48. The lowest BCUT2D eigenvalue weighted by molar-refractivity contribution is -0.134. The molecule has 1 aliphatic heterocycles. The predicted molar refractivity (Wildman–Crippen MR) is 170 cm³/mol. The van der Waals surface area contributed by atoms with Crippen molar-refractivity contribution >= 4 is 51.0 Å². The van der Waals surface area contributed by atoms with Gasteiger partial charge in [0, 0.05) is 18.7 Å². The number of nitrogens with zero attached hydrogens (tertiary/aromatic N) is 2. The summed E-state index contributed by atoms with van der Waals surface area (Å²) in [6, 6.07) is 7.74. The maximum Gasteiger partial charge on any atom is 0.258 e. The molecule has 0 radical (unpaired) electrons. The minimum absolute atomic E-state index is 0.0139. The number of hydrogen-bond donors (Lipinski definition) is 4. The maximum atomic E-state index is 13.8. The predicted octanol–water partition coefficient (Wildman–Crippen LogP) is 2.64. The van der Waals surface area contributed by atoms with Crippen molar-refractivity contribution < 1.29 is 28.7 Å². The molecule has 12 nitrogen and oxygen atoms in total. The van der Waals surface area contributed by atoms with Gasteiger partial charge in [0.05, 0.1) is 22.5 Å². The summed E-state index contributed by atoms with van der Waals surface area (Å²) in [4.78, 5) is 74.5. The van der Waals surface area contributed by atoms with Crippen LogP contribution in [0.25, 0.3) is 10.2 Å². The minimum Gasteiger partial charge on any atom is -0.482 e. The average molecular weight is 637 g/mol. The van der Waals surface area contributed by atoms with E-state index in [0.717, 1.165) is 4.70 Å². The van der Waals surface area contributed by atoms with Crippen LogP contribution in [0.5, 0.6) is 5.75 Å². The van der Waals surface area contributed by atoms with E-state index >= 15 is 0 Å². The summed E-state index contributed by atoms with van der Waals surface area (Å²) < 4.78 is 6.28. The Balaban J connectivity index is 1.48. The van der Waals surface area contributed by atoms with Crippen LogP contribution in [0.4, 0.5) is 0 Å². The van der Waals surface area contributed by atoms with Crippen LogP contribution < -0.4 is 26.0 Å². The summed E-state index contributed by atoms with van der Waals surface area (Å²) in [6.07, 6.45) is 4.00. The number of benzene rings is 1. The number of amides is 4. The Labute approximate surface area is 266 Å². The Bertz CT molecular complexity index is 1480. The highest BCUT2D eigenvalue weighted by Gasteiger charge is 2.35. The number of aromatic nitrogens is 2. The fraction of sp³-hybridized carbons (Fsp3) is 0.469. The molecule has 1 saturated heterocycles. The largest absolute Gasteiger partial charge is 0.482 e. The summed E-state index contributed by atoms with van der Waals surface area (Å²) in [5.41, 5.74) is 0.673. The Kier molecular flexibility index (Phi) is 11.6. The summed E-state index contributed by atoms with van der Waals surface area (Å²) in [6.45, 7) is 7.57. The van der Waals surface area contributed by atoms with E-state index in [1.54, 1.807) is 32.2 Å². The molecule has 0 bridgehead atoms. The molecule has 0 spiro atoms. The zero-order valence-electron chi connectivity index (χ0n) is 25.9. The first-order chi connectivity index (χ1) is 21.5. The van der Waals surface area contributed by atoms with Gasteiger partial charge in [0.25, 0.3) is 5.91 Å². The van der Waals surface area contributed by atoms with Gasteiger partial charge in [0.2, 0.25) is 23.5 Å². The van der Waals surface area contributed by atoms with Gasteiger partial charge in [0.15, 0.2) is 11.6 Å². The molecule has 3 aromatic rings. The molecule has 0 unspecified atom stereocenters. The second kappa shape index (κ2) is 15.6. The van der Waals surface area contributed by atoms with E-state index in [1.807, 2.05) is 38.1 Å². The Morgan fingerprint density at radius 1 is 1.00 bits per heavy atom. The monoisotopic (exact) mass is 636 g/mol. The van der Waals surface area contributed by atoms with Crippen molar-refractivity contribution in [1.29, 1.82) is 0 Å². The number of Topliss-reactive ketones (excluding diaryl/α,β-unsaturated/α-hetero) is 1. The van der Waals surface area contributed by atoms with Gasteiger partial charge in [-0.25, -0.2) is 4.98 Å². The van der Waals surface area contributed by atoms with Crippen LogP contribution in [-0.4, -0.2) is 70.7 Å². The molecule has 4 rings (SSSR count). The molecular weight excluding hydrogens is 596 g/mol. The van der Waals surface area contributed by atoms with E-state index < -0.39 is 41.8 Å². The van der Waals surface area contributed by atoms with Crippen molar-refractivity contribution in [1.82, 2.24) is 31.2 Å². The van der Waals surface area contributed by atoms with Crippen molar-refractivity contribution in [2.75, 3.05) is 13.2 Å². The second-order valence-electron chi connectivity index (χ2n) is 11.9. The number of carbonyl (C=O) groups excluding carboxylic acids is 5. The van der Waals surface area contributed by atoms with Crippen molar-refractivity contribution in [3.63, 3.8) is 0 Å². The Morgan fingerprint density at radius 2 is 1.76 bits per heavy atom. The number of fused-ring (bicyclic) bond motifs is 1. The van der Waals surface area contributed by atoms with Crippen LogP contribution in [0.3, 0.4) is 0 Å². The SMILES string of the molecule is CC(C)C[C@@H](NC(=O)[C@H](NC(=O)COc1cccnc1)C(C)C)C(=O)N[C@H](C[C@H]1CCNC1=O)C(=O)c1nc2ccccc2s1. The molecule has 1 aliphatic rings. The van der Waals surface area contributed by atoms with Gasteiger partial charge in [-0.05, 0) is 55.4 Å². The summed E-state index contributed by atoms with van der Waals surface area (Å²) >= 11 is 1.23. The van der Waals surface area contributed by atoms with E-state index in [4.69, 9.17) is 4.74 Å². The third kappa shape index (κ3) is 9.30. The average Bonchev–Trinajstić information content (AvgIpc) is 3.63.